The van der Waals surface area contributed by atoms with Crippen LogP contribution in [-0.2, 0) is 11.3 Å². The van der Waals surface area contributed by atoms with E-state index in [4.69, 9.17) is 0 Å². The summed E-state index contributed by atoms with van der Waals surface area (Å²) in [6.45, 7) is 2.64. The summed E-state index contributed by atoms with van der Waals surface area (Å²) in [5.41, 5.74) is 8.79. The predicted octanol–water partition coefficient (Wildman–Crippen LogP) is 3.58. The van der Waals surface area contributed by atoms with Crippen LogP contribution in [0.3, 0.4) is 0 Å². The van der Waals surface area contributed by atoms with E-state index in [0.29, 0.717) is 13.0 Å². The molecule has 1 atom stereocenters. The number of aromatic amines is 1. The standard InChI is InChI=1S/C21H25N5O/c1-3-4-8-19(27)22-11-14-6-5-7-15(9-14)18-10-17-20-16(13-24-26(20)2)12-23-21(17)25-18/h5-7,9-10,12-13,20,24-25H,3-4,8,11H2,1-2H3,(H,22,27). The molecule has 0 fully saturated rings. The Kier molecular flexibility index (Phi) is 4.81. The maximum Gasteiger partial charge on any atom is 0.220 e. The van der Waals surface area contributed by atoms with Crippen LogP contribution in [0.25, 0.3) is 11.3 Å². The molecular formula is C21H25N5O. The van der Waals surface area contributed by atoms with Crippen LogP contribution >= 0.6 is 0 Å². The summed E-state index contributed by atoms with van der Waals surface area (Å²) in [6, 6.07) is 10.6. The van der Waals surface area contributed by atoms with E-state index in [1.165, 1.54) is 11.1 Å². The number of aromatic nitrogens is 1. The van der Waals surface area contributed by atoms with Crippen molar-refractivity contribution in [2.75, 3.05) is 7.05 Å². The highest BCUT2D eigenvalue weighted by atomic mass is 16.1. The first-order valence-corrected chi connectivity index (χ1v) is 9.47. The Morgan fingerprint density at radius 3 is 3.07 bits per heavy atom. The molecule has 0 bridgehead atoms. The van der Waals surface area contributed by atoms with Crippen LogP contribution in [0.5, 0.6) is 0 Å². The second-order valence-corrected chi connectivity index (χ2v) is 7.11. The number of hydrogen-bond acceptors (Lipinski definition) is 4. The summed E-state index contributed by atoms with van der Waals surface area (Å²) >= 11 is 0. The molecule has 140 valence electrons. The van der Waals surface area contributed by atoms with Gasteiger partial charge in [0.1, 0.15) is 5.82 Å². The monoisotopic (exact) mass is 363 g/mol. The van der Waals surface area contributed by atoms with Crippen LogP contribution in [0.2, 0.25) is 0 Å². The lowest BCUT2D eigenvalue weighted by Gasteiger charge is -2.23. The van der Waals surface area contributed by atoms with Gasteiger partial charge in [-0.05, 0) is 29.7 Å². The minimum Gasteiger partial charge on any atom is -0.352 e. The SMILES string of the molecule is CCCCC(=O)NCc1cccc(-c2cc3c([nH]2)N=CC2=CNN(C)C23)c1. The van der Waals surface area contributed by atoms with Gasteiger partial charge in [-0.3, -0.25) is 4.79 Å². The topological polar surface area (TPSA) is 72.5 Å². The lowest BCUT2D eigenvalue weighted by atomic mass is 9.99. The van der Waals surface area contributed by atoms with Crippen LogP contribution in [0.4, 0.5) is 5.82 Å². The largest absolute Gasteiger partial charge is 0.352 e. The third-order valence-electron chi connectivity index (χ3n) is 5.09. The molecule has 2 aliphatic rings. The van der Waals surface area contributed by atoms with E-state index >= 15 is 0 Å². The van der Waals surface area contributed by atoms with Crippen LogP contribution in [0.1, 0.15) is 43.4 Å². The van der Waals surface area contributed by atoms with Crippen LogP contribution in [0.15, 0.2) is 47.1 Å². The first kappa shape index (κ1) is 17.5. The van der Waals surface area contributed by atoms with Crippen molar-refractivity contribution in [3.63, 3.8) is 0 Å². The fourth-order valence-electron chi connectivity index (χ4n) is 3.59. The molecule has 0 saturated carbocycles. The van der Waals surface area contributed by atoms with Crippen molar-refractivity contribution in [3.8, 4) is 11.3 Å². The highest BCUT2D eigenvalue weighted by molar-refractivity contribution is 5.87. The highest BCUT2D eigenvalue weighted by Gasteiger charge is 2.31. The van der Waals surface area contributed by atoms with Gasteiger partial charge < -0.3 is 15.7 Å². The van der Waals surface area contributed by atoms with Gasteiger partial charge in [0.05, 0.1) is 6.04 Å². The minimum atomic E-state index is 0.114. The summed E-state index contributed by atoms with van der Waals surface area (Å²) in [6.07, 6.45) is 6.46. The van der Waals surface area contributed by atoms with E-state index in [1.54, 1.807) is 0 Å². The van der Waals surface area contributed by atoms with E-state index in [1.807, 2.05) is 31.6 Å². The lowest BCUT2D eigenvalue weighted by molar-refractivity contribution is -0.121. The molecule has 0 aliphatic carbocycles. The number of fused-ring (bicyclic) bond motifs is 3. The molecule has 6 heteroatoms. The zero-order chi connectivity index (χ0) is 18.8. The fraction of sp³-hybridized carbons (Fsp3) is 0.333. The average molecular weight is 363 g/mol. The average Bonchev–Trinajstić information content (AvgIpc) is 3.28. The van der Waals surface area contributed by atoms with Crippen molar-refractivity contribution in [1.29, 1.82) is 0 Å². The number of rotatable bonds is 6. The Bertz CT molecular complexity index is 911. The summed E-state index contributed by atoms with van der Waals surface area (Å²) in [7, 11) is 2.03. The molecular weight excluding hydrogens is 338 g/mol. The quantitative estimate of drug-likeness (QED) is 0.734. The number of carbonyl (C=O) groups excluding carboxylic acids is 1. The Hall–Kier alpha value is -2.86. The fourth-order valence-corrected chi connectivity index (χ4v) is 3.59. The number of aliphatic imine (C=N–C) groups is 1. The van der Waals surface area contributed by atoms with Gasteiger partial charge in [-0.1, -0.05) is 31.5 Å². The first-order chi connectivity index (χ1) is 13.2. The molecule has 3 heterocycles. The molecule has 2 aromatic rings. The molecule has 0 spiro atoms. The maximum absolute atomic E-state index is 11.9. The molecule has 1 aromatic heterocycles. The Morgan fingerprint density at radius 2 is 2.22 bits per heavy atom. The van der Waals surface area contributed by atoms with Gasteiger partial charge in [-0.15, -0.1) is 0 Å². The smallest absolute Gasteiger partial charge is 0.220 e. The van der Waals surface area contributed by atoms with E-state index < -0.39 is 0 Å². The molecule has 6 nitrogen and oxygen atoms in total. The molecule has 0 radical (unpaired) electrons. The zero-order valence-corrected chi connectivity index (χ0v) is 15.7. The van der Waals surface area contributed by atoms with Gasteiger partial charge in [-0.25, -0.2) is 10.0 Å². The molecule has 27 heavy (non-hydrogen) atoms. The summed E-state index contributed by atoms with van der Waals surface area (Å²) < 4.78 is 0. The van der Waals surface area contributed by atoms with E-state index in [2.05, 4.69) is 50.9 Å². The van der Waals surface area contributed by atoms with Crippen molar-refractivity contribution in [2.24, 2.45) is 4.99 Å². The molecule has 1 unspecified atom stereocenters. The van der Waals surface area contributed by atoms with Gasteiger partial charge in [-0.2, -0.15) is 0 Å². The maximum atomic E-state index is 11.9. The molecule has 2 aliphatic heterocycles. The zero-order valence-electron chi connectivity index (χ0n) is 15.7. The molecule has 1 aromatic carbocycles. The van der Waals surface area contributed by atoms with Crippen LogP contribution in [-0.4, -0.2) is 29.2 Å². The van der Waals surface area contributed by atoms with Gasteiger partial charge in [0.2, 0.25) is 5.91 Å². The number of benzene rings is 1. The Morgan fingerprint density at radius 1 is 1.33 bits per heavy atom. The van der Waals surface area contributed by atoms with E-state index in [0.717, 1.165) is 35.5 Å². The number of amides is 1. The Labute approximate surface area is 159 Å². The third kappa shape index (κ3) is 3.53. The number of hydrazine groups is 1. The second-order valence-electron chi connectivity index (χ2n) is 7.11. The van der Waals surface area contributed by atoms with Crippen molar-refractivity contribution in [3.05, 3.63) is 53.2 Å². The van der Waals surface area contributed by atoms with E-state index in [-0.39, 0.29) is 11.9 Å². The number of H-pyrrole nitrogens is 1. The van der Waals surface area contributed by atoms with Crippen molar-refractivity contribution < 1.29 is 4.79 Å². The highest BCUT2D eigenvalue weighted by Crippen LogP contribution is 2.40. The predicted molar refractivity (Wildman–Crippen MR) is 107 cm³/mol. The summed E-state index contributed by atoms with van der Waals surface area (Å²) in [4.78, 5) is 19.8. The number of unbranched alkanes of at least 4 members (excludes halogenated alkanes) is 1. The molecule has 0 saturated heterocycles. The number of nitrogens with zero attached hydrogens (tertiary/aromatic N) is 2. The molecule has 1 amide bonds. The van der Waals surface area contributed by atoms with Crippen molar-refractivity contribution >= 4 is 17.9 Å². The summed E-state index contributed by atoms with van der Waals surface area (Å²) in [5.74, 6) is 1.02. The molecule has 4 rings (SSSR count). The number of carbonyl (C=O) groups is 1. The number of nitrogens with one attached hydrogen (secondary N) is 3. The Balaban J connectivity index is 1.52. The van der Waals surface area contributed by atoms with Gasteiger partial charge in [0, 0.05) is 49.3 Å². The normalized spacial score (nSPS) is 17.9. The van der Waals surface area contributed by atoms with Crippen molar-refractivity contribution in [1.82, 2.24) is 20.7 Å². The number of likely N-dealkylation sites (N-methyl/N-ethyl adjacent to an activating group) is 1. The van der Waals surface area contributed by atoms with Crippen LogP contribution in [0, 0.1) is 0 Å². The van der Waals surface area contributed by atoms with E-state index in [9.17, 15) is 4.79 Å². The van der Waals surface area contributed by atoms with Gasteiger partial charge in [0.15, 0.2) is 0 Å². The lowest BCUT2D eigenvalue weighted by Crippen LogP contribution is -2.29. The second kappa shape index (κ2) is 7.40. The molecule has 3 N–H and O–H groups in total. The van der Waals surface area contributed by atoms with Crippen LogP contribution < -0.4 is 10.7 Å². The van der Waals surface area contributed by atoms with Crippen molar-refractivity contribution in [2.45, 2.75) is 38.8 Å². The van der Waals surface area contributed by atoms with Gasteiger partial charge in [0.25, 0.3) is 0 Å². The summed E-state index contributed by atoms with van der Waals surface area (Å²) in [5, 5.41) is 5.08. The third-order valence-corrected chi connectivity index (χ3v) is 5.09. The first-order valence-electron chi connectivity index (χ1n) is 9.47. The minimum absolute atomic E-state index is 0.114. The number of hydrogen-bond donors (Lipinski definition) is 3. The van der Waals surface area contributed by atoms with Gasteiger partial charge >= 0.3 is 0 Å².